The maximum atomic E-state index is 5.65. The molecule has 0 saturated carbocycles. The number of unbranched alkanes of at least 4 members (excludes halogenated alkanes) is 6. The van der Waals surface area contributed by atoms with Gasteiger partial charge in [0.2, 0.25) is 0 Å². The molecule has 0 fully saturated rings. The van der Waals surface area contributed by atoms with E-state index in [9.17, 15) is 0 Å². The first kappa shape index (κ1) is 17.9. The van der Waals surface area contributed by atoms with E-state index in [0.29, 0.717) is 6.04 Å². The van der Waals surface area contributed by atoms with Crippen molar-refractivity contribution in [1.29, 1.82) is 0 Å². The van der Waals surface area contributed by atoms with Gasteiger partial charge in [-0.05, 0) is 18.8 Å². The lowest BCUT2D eigenvalue weighted by molar-refractivity contribution is 0.361. The van der Waals surface area contributed by atoms with E-state index in [-0.39, 0.29) is 0 Å². The molecule has 0 radical (unpaired) electrons. The summed E-state index contributed by atoms with van der Waals surface area (Å²) < 4.78 is 0. The fourth-order valence-corrected chi connectivity index (χ4v) is 2.71. The highest BCUT2D eigenvalue weighted by molar-refractivity contribution is 4.67. The Bertz CT molecular complexity index is 159. The van der Waals surface area contributed by atoms with Gasteiger partial charge in [-0.3, -0.25) is 11.3 Å². The second-order valence-electron chi connectivity index (χ2n) is 5.90. The monoisotopic (exact) mass is 256 g/mol. The Kier molecular flexibility index (Phi) is 13.3. The fraction of sp³-hybridized carbons (Fsp3) is 1.00. The number of rotatable bonds is 13. The van der Waals surface area contributed by atoms with E-state index >= 15 is 0 Å². The third-order valence-electron chi connectivity index (χ3n) is 3.86. The molecule has 3 N–H and O–H groups in total. The maximum Gasteiger partial charge on any atom is 0.0213 e. The topological polar surface area (TPSA) is 38.0 Å². The molecule has 0 amide bonds. The number of nitrogens with two attached hydrogens (primary N) is 1. The van der Waals surface area contributed by atoms with Crippen LogP contribution in [0, 0.1) is 5.92 Å². The Morgan fingerprint density at radius 1 is 0.833 bits per heavy atom. The van der Waals surface area contributed by atoms with E-state index in [1.165, 1.54) is 70.6 Å². The number of hydrazine groups is 1. The Balaban J connectivity index is 3.43. The summed E-state index contributed by atoms with van der Waals surface area (Å²) in [4.78, 5) is 0. The molecule has 0 aromatic carbocycles. The van der Waals surface area contributed by atoms with Crippen molar-refractivity contribution >= 4 is 0 Å². The quantitative estimate of drug-likeness (QED) is 0.282. The van der Waals surface area contributed by atoms with Crippen molar-refractivity contribution < 1.29 is 0 Å². The van der Waals surface area contributed by atoms with Crippen molar-refractivity contribution in [2.75, 3.05) is 0 Å². The van der Waals surface area contributed by atoms with Crippen LogP contribution in [0.1, 0.15) is 91.4 Å². The standard InChI is InChI=1S/C16H36N2/c1-4-6-7-8-9-10-11-13-16(18-17)14-15(3)12-5-2/h15-16,18H,4-14,17H2,1-3H3. The molecule has 2 heteroatoms. The minimum atomic E-state index is 0.530. The normalized spacial score (nSPS) is 14.7. The molecule has 0 bridgehead atoms. The first-order valence-corrected chi connectivity index (χ1v) is 8.20. The summed E-state index contributed by atoms with van der Waals surface area (Å²) in [6.07, 6.45) is 14.8. The van der Waals surface area contributed by atoms with Gasteiger partial charge in [0, 0.05) is 6.04 Å². The van der Waals surface area contributed by atoms with Crippen LogP contribution in [0.4, 0.5) is 0 Å². The largest absolute Gasteiger partial charge is 0.271 e. The maximum absolute atomic E-state index is 5.65. The van der Waals surface area contributed by atoms with Gasteiger partial charge in [-0.15, -0.1) is 0 Å². The molecule has 0 saturated heterocycles. The van der Waals surface area contributed by atoms with Gasteiger partial charge in [0.05, 0.1) is 0 Å². The molecule has 0 aromatic heterocycles. The predicted octanol–water partition coefficient (Wildman–Crippen LogP) is 4.79. The van der Waals surface area contributed by atoms with Gasteiger partial charge in [0.1, 0.15) is 0 Å². The van der Waals surface area contributed by atoms with E-state index in [1.54, 1.807) is 0 Å². The molecular formula is C16H36N2. The van der Waals surface area contributed by atoms with Crippen molar-refractivity contribution in [3.05, 3.63) is 0 Å². The summed E-state index contributed by atoms with van der Waals surface area (Å²) in [5, 5.41) is 0. The zero-order valence-electron chi connectivity index (χ0n) is 13.0. The molecule has 18 heavy (non-hydrogen) atoms. The molecule has 0 rings (SSSR count). The van der Waals surface area contributed by atoms with Gasteiger partial charge < -0.3 is 0 Å². The Morgan fingerprint density at radius 3 is 2.00 bits per heavy atom. The van der Waals surface area contributed by atoms with Crippen LogP contribution in [-0.2, 0) is 0 Å². The zero-order chi connectivity index (χ0) is 13.6. The lowest BCUT2D eigenvalue weighted by atomic mass is 9.94. The van der Waals surface area contributed by atoms with Crippen molar-refractivity contribution in [1.82, 2.24) is 5.43 Å². The highest BCUT2D eigenvalue weighted by Crippen LogP contribution is 2.16. The number of hydrogen-bond donors (Lipinski definition) is 2. The van der Waals surface area contributed by atoms with Crippen molar-refractivity contribution in [3.8, 4) is 0 Å². The summed E-state index contributed by atoms with van der Waals surface area (Å²) >= 11 is 0. The molecule has 2 nitrogen and oxygen atoms in total. The molecular weight excluding hydrogens is 220 g/mol. The number of nitrogens with one attached hydrogen (secondary N) is 1. The van der Waals surface area contributed by atoms with Crippen molar-refractivity contribution in [2.24, 2.45) is 11.8 Å². The van der Waals surface area contributed by atoms with Gasteiger partial charge >= 0.3 is 0 Å². The second-order valence-corrected chi connectivity index (χ2v) is 5.90. The molecule has 2 atom stereocenters. The lowest BCUT2D eigenvalue weighted by Gasteiger charge is -2.19. The summed E-state index contributed by atoms with van der Waals surface area (Å²) in [7, 11) is 0. The first-order chi connectivity index (χ1) is 8.74. The molecule has 110 valence electrons. The zero-order valence-corrected chi connectivity index (χ0v) is 13.0. The summed E-state index contributed by atoms with van der Waals surface area (Å²) in [5.74, 6) is 6.45. The van der Waals surface area contributed by atoms with Crippen LogP contribution in [0.3, 0.4) is 0 Å². The van der Waals surface area contributed by atoms with Gasteiger partial charge in [0.25, 0.3) is 0 Å². The van der Waals surface area contributed by atoms with Gasteiger partial charge in [-0.1, -0.05) is 78.6 Å². The third kappa shape index (κ3) is 11.0. The summed E-state index contributed by atoms with van der Waals surface area (Å²) in [6, 6.07) is 0.530. The van der Waals surface area contributed by atoms with Gasteiger partial charge in [0.15, 0.2) is 0 Å². The van der Waals surface area contributed by atoms with E-state index in [1.807, 2.05) is 0 Å². The Morgan fingerprint density at radius 2 is 1.44 bits per heavy atom. The van der Waals surface area contributed by atoms with Crippen LogP contribution in [0.5, 0.6) is 0 Å². The molecule has 0 heterocycles. The average Bonchev–Trinajstić information content (AvgIpc) is 2.36. The minimum Gasteiger partial charge on any atom is -0.271 e. The summed E-state index contributed by atoms with van der Waals surface area (Å²) in [6.45, 7) is 6.88. The van der Waals surface area contributed by atoms with Crippen molar-refractivity contribution in [2.45, 2.75) is 97.4 Å². The SMILES string of the molecule is CCCCCCCCCC(CC(C)CCC)NN. The highest BCUT2D eigenvalue weighted by atomic mass is 15.2. The molecule has 0 aromatic rings. The average molecular weight is 256 g/mol. The van der Waals surface area contributed by atoms with Crippen LogP contribution in [0.2, 0.25) is 0 Å². The smallest absolute Gasteiger partial charge is 0.0213 e. The molecule has 0 aliphatic heterocycles. The van der Waals surface area contributed by atoms with E-state index in [4.69, 9.17) is 5.84 Å². The van der Waals surface area contributed by atoms with E-state index < -0.39 is 0 Å². The second kappa shape index (κ2) is 13.4. The van der Waals surface area contributed by atoms with Crippen molar-refractivity contribution in [3.63, 3.8) is 0 Å². The van der Waals surface area contributed by atoms with Crippen LogP contribution in [-0.4, -0.2) is 6.04 Å². The van der Waals surface area contributed by atoms with Gasteiger partial charge in [-0.25, -0.2) is 0 Å². The fourth-order valence-electron chi connectivity index (χ4n) is 2.71. The predicted molar refractivity (Wildman–Crippen MR) is 82.4 cm³/mol. The highest BCUT2D eigenvalue weighted by Gasteiger charge is 2.10. The van der Waals surface area contributed by atoms with Crippen LogP contribution >= 0.6 is 0 Å². The molecule has 0 aliphatic carbocycles. The first-order valence-electron chi connectivity index (χ1n) is 8.20. The van der Waals surface area contributed by atoms with Crippen LogP contribution in [0.15, 0.2) is 0 Å². The van der Waals surface area contributed by atoms with E-state index in [0.717, 1.165) is 5.92 Å². The number of hydrogen-bond acceptors (Lipinski definition) is 2. The van der Waals surface area contributed by atoms with Gasteiger partial charge in [-0.2, -0.15) is 0 Å². The summed E-state index contributed by atoms with van der Waals surface area (Å²) in [5.41, 5.74) is 3.00. The Labute approximate surface area is 115 Å². The molecule has 0 aliphatic rings. The Hall–Kier alpha value is -0.0800. The molecule has 0 spiro atoms. The lowest BCUT2D eigenvalue weighted by Crippen LogP contribution is -2.36. The van der Waals surface area contributed by atoms with Crippen LogP contribution < -0.4 is 11.3 Å². The third-order valence-corrected chi connectivity index (χ3v) is 3.86. The minimum absolute atomic E-state index is 0.530. The van der Waals surface area contributed by atoms with Crippen LogP contribution in [0.25, 0.3) is 0 Å². The van der Waals surface area contributed by atoms with E-state index in [2.05, 4.69) is 26.2 Å². The molecule has 2 unspecified atom stereocenters.